The molecule has 12 rings (SSSR count). The third-order valence-corrected chi connectivity index (χ3v) is 11.9. The molecule has 0 N–H and O–H groups in total. The van der Waals surface area contributed by atoms with Crippen LogP contribution in [0.5, 0.6) is 0 Å². The van der Waals surface area contributed by atoms with Crippen molar-refractivity contribution in [3.63, 3.8) is 0 Å². The van der Waals surface area contributed by atoms with E-state index >= 15 is 0 Å². The molecule has 0 amide bonds. The molecule has 2 aliphatic rings. The molecule has 56 heavy (non-hydrogen) atoms. The molecule has 3 nitrogen and oxygen atoms in total. The van der Waals surface area contributed by atoms with Gasteiger partial charge < -0.3 is 4.42 Å². The van der Waals surface area contributed by atoms with Gasteiger partial charge in [0, 0.05) is 27.5 Å². The molecule has 2 aromatic heterocycles. The number of hydrogen-bond acceptors (Lipinski definition) is 3. The third kappa shape index (κ3) is 4.34. The van der Waals surface area contributed by atoms with Crippen molar-refractivity contribution in [2.75, 3.05) is 0 Å². The molecule has 0 unspecified atom stereocenters. The van der Waals surface area contributed by atoms with E-state index in [-0.39, 0.29) is 0 Å². The van der Waals surface area contributed by atoms with E-state index in [9.17, 15) is 0 Å². The van der Waals surface area contributed by atoms with Crippen molar-refractivity contribution >= 4 is 21.9 Å². The van der Waals surface area contributed by atoms with Gasteiger partial charge in [0.25, 0.3) is 0 Å². The molecule has 1 spiro atoms. The summed E-state index contributed by atoms with van der Waals surface area (Å²) in [7, 11) is 0. The summed E-state index contributed by atoms with van der Waals surface area (Å²) in [4.78, 5) is 10.6. The minimum Gasteiger partial charge on any atom is -0.456 e. The van der Waals surface area contributed by atoms with E-state index in [4.69, 9.17) is 14.4 Å². The first-order chi connectivity index (χ1) is 27.8. The van der Waals surface area contributed by atoms with Crippen LogP contribution in [0.1, 0.15) is 22.3 Å². The lowest BCUT2D eigenvalue weighted by molar-refractivity contribution is 0.669. The second kappa shape index (κ2) is 11.8. The highest BCUT2D eigenvalue weighted by molar-refractivity contribution is 6.06. The van der Waals surface area contributed by atoms with Crippen LogP contribution < -0.4 is 0 Å². The molecule has 0 aliphatic heterocycles. The number of benzene rings is 8. The van der Waals surface area contributed by atoms with Crippen molar-refractivity contribution in [1.29, 1.82) is 0 Å². The number of furan rings is 1. The lowest BCUT2D eigenvalue weighted by Gasteiger charge is -2.35. The summed E-state index contributed by atoms with van der Waals surface area (Å²) in [6, 6.07) is 69.8. The van der Waals surface area contributed by atoms with E-state index in [1.54, 1.807) is 0 Å². The zero-order valence-corrected chi connectivity index (χ0v) is 30.3. The fraction of sp³-hybridized carbons (Fsp3) is 0.0189. The SMILES string of the molecule is c1ccc(-c2cc(-c3ccc4oc5ccccc5c4c3)nc(-c3ccc4c(c3)-c3ccccc3C43c4ccccc4-c4ccccc4-c4ccccc43)n2)cc1. The summed E-state index contributed by atoms with van der Waals surface area (Å²) < 4.78 is 6.19. The second-order valence-corrected chi connectivity index (χ2v) is 14.8. The Labute approximate surface area is 324 Å². The molecule has 3 heteroatoms. The Morgan fingerprint density at radius 3 is 1.50 bits per heavy atom. The smallest absolute Gasteiger partial charge is 0.160 e. The van der Waals surface area contributed by atoms with Crippen LogP contribution in [-0.4, -0.2) is 9.97 Å². The van der Waals surface area contributed by atoms with E-state index in [0.717, 1.165) is 50.0 Å². The lowest BCUT2D eigenvalue weighted by atomic mass is 9.66. The normalized spacial score (nSPS) is 13.1. The van der Waals surface area contributed by atoms with Crippen LogP contribution in [0.3, 0.4) is 0 Å². The Hall–Kier alpha value is -7.36. The topological polar surface area (TPSA) is 38.9 Å². The van der Waals surface area contributed by atoms with Gasteiger partial charge in [0.05, 0.1) is 16.8 Å². The molecule has 10 aromatic rings. The zero-order valence-electron chi connectivity index (χ0n) is 30.3. The van der Waals surface area contributed by atoms with Crippen LogP contribution in [-0.2, 0) is 5.41 Å². The van der Waals surface area contributed by atoms with E-state index in [1.165, 1.54) is 55.6 Å². The van der Waals surface area contributed by atoms with Crippen LogP contribution in [0.25, 0.3) is 89.2 Å². The maximum Gasteiger partial charge on any atom is 0.160 e. The zero-order chi connectivity index (χ0) is 36.8. The largest absolute Gasteiger partial charge is 0.456 e. The predicted molar refractivity (Wildman–Crippen MR) is 227 cm³/mol. The van der Waals surface area contributed by atoms with Gasteiger partial charge in [-0.2, -0.15) is 0 Å². The number of para-hydroxylation sites is 1. The number of aromatic nitrogens is 2. The van der Waals surface area contributed by atoms with Gasteiger partial charge >= 0.3 is 0 Å². The minimum atomic E-state index is -0.530. The van der Waals surface area contributed by atoms with Crippen molar-refractivity contribution in [3.05, 3.63) is 216 Å². The van der Waals surface area contributed by atoms with Crippen molar-refractivity contribution in [3.8, 4) is 67.3 Å². The quantitative estimate of drug-likeness (QED) is 0.183. The van der Waals surface area contributed by atoms with Gasteiger partial charge in [0.15, 0.2) is 5.82 Å². The maximum absolute atomic E-state index is 6.19. The summed E-state index contributed by atoms with van der Waals surface area (Å²) in [6.45, 7) is 0. The summed E-state index contributed by atoms with van der Waals surface area (Å²) in [5.41, 5.74) is 18.6. The average molecular weight is 713 g/mol. The second-order valence-electron chi connectivity index (χ2n) is 14.8. The highest BCUT2D eigenvalue weighted by Crippen LogP contribution is 2.61. The molecule has 0 radical (unpaired) electrons. The van der Waals surface area contributed by atoms with E-state index < -0.39 is 5.41 Å². The van der Waals surface area contributed by atoms with Crippen LogP contribution in [0, 0.1) is 0 Å². The Bertz CT molecular complexity index is 3140. The number of hydrogen-bond donors (Lipinski definition) is 0. The molecular formula is C53H32N2O. The van der Waals surface area contributed by atoms with E-state index in [2.05, 4.69) is 176 Å². The van der Waals surface area contributed by atoms with Gasteiger partial charge in [0.1, 0.15) is 11.2 Å². The molecule has 0 fully saturated rings. The fourth-order valence-electron chi connectivity index (χ4n) is 9.56. The molecular weight excluding hydrogens is 681 g/mol. The summed E-state index contributed by atoms with van der Waals surface area (Å²) in [5, 5.41) is 2.17. The molecule has 260 valence electrons. The van der Waals surface area contributed by atoms with E-state index in [0.29, 0.717) is 5.82 Å². The number of nitrogens with zero attached hydrogens (tertiary/aromatic N) is 2. The lowest BCUT2D eigenvalue weighted by Crippen LogP contribution is -2.29. The first-order valence-electron chi connectivity index (χ1n) is 19.2. The van der Waals surface area contributed by atoms with Crippen molar-refractivity contribution < 1.29 is 4.42 Å². The first-order valence-corrected chi connectivity index (χ1v) is 19.2. The van der Waals surface area contributed by atoms with Gasteiger partial charge in [-0.25, -0.2) is 9.97 Å². The Kier molecular flexibility index (Phi) is 6.55. The van der Waals surface area contributed by atoms with Crippen LogP contribution >= 0.6 is 0 Å². The van der Waals surface area contributed by atoms with Gasteiger partial charge in [-0.1, -0.05) is 158 Å². The molecule has 2 heterocycles. The Balaban J connectivity index is 1.10. The third-order valence-electron chi connectivity index (χ3n) is 11.9. The van der Waals surface area contributed by atoms with Gasteiger partial charge in [-0.3, -0.25) is 0 Å². The average Bonchev–Trinajstić information content (AvgIpc) is 3.76. The maximum atomic E-state index is 6.19. The fourth-order valence-corrected chi connectivity index (χ4v) is 9.56. The van der Waals surface area contributed by atoms with Gasteiger partial charge in [-0.15, -0.1) is 0 Å². The van der Waals surface area contributed by atoms with Crippen molar-refractivity contribution in [1.82, 2.24) is 9.97 Å². The first kappa shape index (κ1) is 31.0. The van der Waals surface area contributed by atoms with Crippen LogP contribution in [0.15, 0.2) is 199 Å². The number of fused-ring (bicyclic) bond motifs is 15. The summed E-state index contributed by atoms with van der Waals surface area (Å²) >= 11 is 0. The molecule has 0 atom stereocenters. The van der Waals surface area contributed by atoms with E-state index in [1.807, 2.05) is 18.2 Å². The van der Waals surface area contributed by atoms with Crippen LogP contribution in [0.4, 0.5) is 0 Å². The van der Waals surface area contributed by atoms with Crippen molar-refractivity contribution in [2.24, 2.45) is 0 Å². The number of rotatable bonds is 3. The van der Waals surface area contributed by atoms with Gasteiger partial charge in [-0.05, 0) is 92.0 Å². The highest BCUT2D eigenvalue weighted by Gasteiger charge is 2.49. The molecule has 0 bridgehead atoms. The minimum absolute atomic E-state index is 0.530. The highest BCUT2D eigenvalue weighted by atomic mass is 16.3. The van der Waals surface area contributed by atoms with Crippen LogP contribution in [0.2, 0.25) is 0 Å². The Morgan fingerprint density at radius 1 is 0.321 bits per heavy atom. The standard InChI is InChI=1S/C53H32N2O/c1-2-14-33(15-3-1)48-32-49(34-27-29-51-43(30-34)41-21-9-13-25-50(41)56-51)55-52(54-48)35-26-28-47-42(31-35)40-20-8-12-24-46(40)53(47)44-22-10-6-18-38(44)36-16-4-5-17-37(36)39-19-7-11-23-45(39)53/h1-32H. The Morgan fingerprint density at radius 2 is 0.821 bits per heavy atom. The summed E-state index contributed by atoms with van der Waals surface area (Å²) in [5.74, 6) is 0.689. The van der Waals surface area contributed by atoms with Crippen molar-refractivity contribution in [2.45, 2.75) is 5.41 Å². The van der Waals surface area contributed by atoms with Gasteiger partial charge in [0.2, 0.25) is 0 Å². The predicted octanol–water partition coefficient (Wildman–Crippen LogP) is 13.4. The summed E-state index contributed by atoms with van der Waals surface area (Å²) in [6.07, 6.45) is 0. The molecule has 0 saturated carbocycles. The molecule has 0 saturated heterocycles. The molecule has 8 aromatic carbocycles. The molecule has 2 aliphatic carbocycles. The monoisotopic (exact) mass is 712 g/mol.